The summed E-state index contributed by atoms with van der Waals surface area (Å²) in [5.41, 5.74) is 0.755. The van der Waals surface area contributed by atoms with Crippen molar-refractivity contribution in [2.24, 2.45) is 0 Å². The van der Waals surface area contributed by atoms with Crippen molar-refractivity contribution in [3.63, 3.8) is 0 Å². The molecule has 0 fully saturated rings. The van der Waals surface area contributed by atoms with Crippen LogP contribution in [0.5, 0.6) is 11.5 Å². The minimum atomic E-state index is -0.101. The molecule has 0 aliphatic carbocycles. The molecule has 1 aromatic carbocycles. The van der Waals surface area contributed by atoms with Gasteiger partial charge in [-0.2, -0.15) is 0 Å². The summed E-state index contributed by atoms with van der Waals surface area (Å²) in [6.45, 7) is 3.10. The zero-order valence-electron chi connectivity index (χ0n) is 13.7. The van der Waals surface area contributed by atoms with E-state index < -0.39 is 0 Å². The van der Waals surface area contributed by atoms with Gasteiger partial charge in [0, 0.05) is 30.2 Å². The van der Waals surface area contributed by atoms with Crippen LogP contribution in [-0.4, -0.2) is 42.0 Å². The Labute approximate surface area is 145 Å². The SMILES string of the molecule is C[C@H](c1ccon1)N(C)C(=O)CCSc1ccc2c(c1)OCCO2. The number of carbonyl (C=O) groups is 1. The maximum absolute atomic E-state index is 12.3. The Balaban J connectivity index is 1.50. The molecule has 0 spiro atoms. The average molecular weight is 348 g/mol. The summed E-state index contributed by atoms with van der Waals surface area (Å²) in [5.74, 6) is 2.33. The molecule has 1 aliphatic rings. The summed E-state index contributed by atoms with van der Waals surface area (Å²) < 4.78 is 15.9. The van der Waals surface area contributed by atoms with Gasteiger partial charge in [-0.05, 0) is 25.1 Å². The van der Waals surface area contributed by atoms with E-state index in [0.29, 0.717) is 25.4 Å². The van der Waals surface area contributed by atoms with Gasteiger partial charge in [-0.1, -0.05) is 5.16 Å². The normalized spacial score (nSPS) is 14.2. The largest absolute Gasteiger partial charge is 0.486 e. The highest BCUT2D eigenvalue weighted by molar-refractivity contribution is 7.99. The fourth-order valence-corrected chi connectivity index (χ4v) is 3.26. The van der Waals surface area contributed by atoms with E-state index in [0.717, 1.165) is 22.1 Å². The Hall–Kier alpha value is -2.15. The molecule has 0 saturated heterocycles. The van der Waals surface area contributed by atoms with Crippen LogP contribution in [0.2, 0.25) is 0 Å². The highest BCUT2D eigenvalue weighted by Crippen LogP contribution is 2.34. The number of thioether (sulfide) groups is 1. The molecule has 0 bridgehead atoms. The van der Waals surface area contributed by atoms with Gasteiger partial charge in [-0.15, -0.1) is 11.8 Å². The first-order valence-corrected chi connectivity index (χ1v) is 8.82. The van der Waals surface area contributed by atoms with Gasteiger partial charge in [-0.3, -0.25) is 4.79 Å². The molecule has 3 rings (SSSR count). The first kappa shape index (κ1) is 16.7. The highest BCUT2D eigenvalue weighted by atomic mass is 32.2. The molecule has 2 heterocycles. The topological polar surface area (TPSA) is 64.8 Å². The molecule has 7 heteroatoms. The van der Waals surface area contributed by atoms with Crippen LogP contribution in [0, 0.1) is 0 Å². The number of ether oxygens (including phenoxy) is 2. The fraction of sp³-hybridized carbons (Fsp3) is 0.412. The number of benzene rings is 1. The Morgan fingerprint density at radius 2 is 2.08 bits per heavy atom. The smallest absolute Gasteiger partial charge is 0.223 e. The predicted octanol–water partition coefficient (Wildman–Crippen LogP) is 3.15. The van der Waals surface area contributed by atoms with Gasteiger partial charge >= 0.3 is 0 Å². The number of carbonyl (C=O) groups excluding carboxylic acids is 1. The third kappa shape index (κ3) is 3.84. The quantitative estimate of drug-likeness (QED) is 0.747. The van der Waals surface area contributed by atoms with Crippen LogP contribution in [-0.2, 0) is 4.79 Å². The highest BCUT2D eigenvalue weighted by Gasteiger charge is 2.19. The van der Waals surface area contributed by atoms with E-state index in [1.165, 1.54) is 6.26 Å². The van der Waals surface area contributed by atoms with Gasteiger partial charge in [0.25, 0.3) is 0 Å². The maximum Gasteiger partial charge on any atom is 0.223 e. The first-order chi connectivity index (χ1) is 11.6. The summed E-state index contributed by atoms with van der Waals surface area (Å²) in [6, 6.07) is 7.54. The molecule has 1 atom stereocenters. The molecule has 0 N–H and O–H groups in total. The van der Waals surface area contributed by atoms with Crippen molar-refractivity contribution in [1.29, 1.82) is 0 Å². The van der Waals surface area contributed by atoms with E-state index in [1.54, 1.807) is 29.8 Å². The predicted molar refractivity (Wildman–Crippen MR) is 90.5 cm³/mol. The number of hydrogen-bond acceptors (Lipinski definition) is 6. The van der Waals surface area contributed by atoms with Gasteiger partial charge in [-0.25, -0.2) is 0 Å². The third-order valence-electron chi connectivity index (χ3n) is 3.96. The van der Waals surface area contributed by atoms with Gasteiger partial charge in [0.05, 0.1) is 6.04 Å². The Morgan fingerprint density at radius 1 is 1.29 bits per heavy atom. The van der Waals surface area contributed by atoms with Crippen LogP contribution >= 0.6 is 11.8 Å². The number of amides is 1. The average Bonchev–Trinajstić information content (AvgIpc) is 3.15. The molecule has 0 radical (unpaired) electrons. The molecule has 0 unspecified atom stereocenters. The number of fused-ring (bicyclic) bond motifs is 1. The van der Waals surface area contributed by atoms with Crippen molar-refractivity contribution in [3.05, 3.63) is 36.2 Å². The molecule has 1 amide bonds. The van der Waals surface area contributed by atoms with Gasteiger partial charge in [0.15, 0.2) is 11.5 Å². The minimum absolute atomic E-state index is 0.0792. The van der Waals surface area contributed by atoms with Crippen LogP contribution in [0.25, 0.3) is 0 Å². The lowest BCUT2D eigenvalue weighted by atomic mass is 10.2. The number of rotatable bonds is 6. The van der Waals surface area contributed by atoms with Crippen molar-refractivity contribution >= 4 is 17.7 Å². The summed E-state index contributed by atoms with van der Waals surface area (Å²) in [6.07, 6.45) is 1.97. The second kappa shape index (κ2) is 7.61. The Morgan fingerprint density at radius 3 is 2.83 bits per heavy atom. The minimum Gasteiger partial charge on any atom is -0.486 e. The van der Waals surface area contributed by atoms with Crippen molar-refractivity contribution in [1.82, 2.24) is 10.1 Å². The molecule has 24 heavy (non-hydrogen) atoms. The summed E-state index contributed by atoms with van der Waals surface area (Å²) in [4.78, 5) is 15.1. The van der Waals surface area contributed by atoms with Crippen LogP contribution in [0.1, 0.15) is 25.1 Å². The van der Waals surface area contributed by atoms with Gasteiger partial charge in [0.1, 0.15) is 25.2 Å². The van der Waals surface area contributed by atoms with Crippen molar-refractivity contribution in [2.45, 2.75) is 24.3 Å². The number of nitrogens with zero attached hydrogens (tertiary/aromatic N) is 2. The first-order valence-electron chi connectivity index (χ1n) is 7.83. The molecule has 1 aromatic heterocycles. The standard InChI is InChI=1S/C17H20N2O4S/c1-12(14-5-7-23-18-14)19(2)17(20)6-10-24-13-3-4-15-16(11-13)22-9-8-21-15/h3-5,7,11-12H,6,8-10H2,1-2H3/t12-/m1/s1. The summed E-state index contributed by atoms with van der Waals surface area (Å²) in [7, 11) is 1.79. The third-order valence-corrected chi connectivity index (χ3v) is 4.95. The van der Waals surface area contributed by atoms with Crippen molar-refractivity contribution in [3.8, 4) is 11.5 Å². The van der Waals surface area contributed by atoms with Crippen molar-refractivity contribution in [2.75, 3.05) is 26.0 Å². The zero-order valence-corrected chi connectivity index (χ0v) is 14.5. The van der Waals surface area contributed by atoms with E-state index in [-0.39, 0.29) is 11.9 Å². The molecule has 128 valence electrons. The summed E-state index contributed by atoms with van der Waals surface area (Å²) in [5, 5.41) is 3.89. The monoisotopic (exact) mass is 348 g/mol. The van der Waals surface area contributed by atoms with E-state index in [1.807, 2.05) is 25.1 Å². The zero-order chi connectivity index (χ0) is 16.9. The lowest BCUT2D eigenvalue weighted by molar-refractivity contribution is -0.131. The molecule has 0 saturated carbocycles. The second-order valence-corrected chi connectivity index (χ2v) is 6.68. The lowest BCUT2D eigenvalue weighted by Gasteiger charge is -2.23. The molecular formula is C17H20N2O4S. The fourth-order valence-electron chi connectivity index (χ4n) is 2.40. The van der Waals surface area contributed by atoms with Crippen molar-refractivity contribution < 1.29 is 18.8 Å². The van der Waals surface area contributed by atoms with Gasteiger partial charge < -0.3 is 18.9 Å². The van der Waals surface area contributed by atoms with E-state index in [2.05, 4.69) is 5.16 Å². The summed E-state index contributed by atoms with van der Waals surface area (Å²) >= 11 is 1.63. The number of hydrogen-bond donors (Lipinski definition) is 0. The molecule has 1 aliphatic heterocycles. The van der Waals surface area contributed by atoms with Gasteiger partial charge in [0.2, 0.25) is 5.91 Å². The maximum atomic E-state index is 12.3. The molecule has 6 nitrogen and oxygen atoms in total. The van der Waals surface area contributed by atoms with E-state index >= 15 is 0 Å². The van der Waals surface area contributed by atoms with E-state index in [4.69, 9.17) is 14.0 Å². The van der Waals surface area contributed by atoms with Crippen LogP contribution in [0.4, 0.5) is 0 Å². The Bertz CT molecular complexity index is 690. The molecule has 2 aromatic rings. The van der Waals surface area contributed by atoms with Crippen LogP contribution in [0.3, 0.4) is 0 Å². The molecular weight excluding hydrogens is 328 g/mol. The van der Waals surface area contributed by atoms with E-state index in [9.17, 15) is 4.79 Å². The number of aromatic nitrogens is 1. The van der Waals surface area contributed by atoms with Crippen LogP contribution in [0.15, 0.2) is 39.9 Å². The van der Waals surface area contributed by atoms with Crippen LogP contribution < -0.4 is 9.47 Å². The second-order valence-electron chi connectivity index (χ2n) is 5.51. The Kier molecular flexibility index (Phi) is 5.30. The lowest BCUT2D eigenvalue weighted by Crippen LogP contribution is -2.30.